The number of furan rings is 1. The van der Waals surface area contributed by atoms with Gasteiger partial charge < -0.3 is 9.32 Å². The molecule has 0 radical (unpaired) electrons. The fourth-order valence-corrected chi connectivity index (χ4v) is 12.2. The monoisotopic (exact) mass is 835 g/mol. The van der Waals surface area contributed by atoms with Crippen molar-refractivity contribution in [1.82, 2.24) is 0 Å². The van der Waals surface area contributed by atoms with E-state index in [1.54, 1.807) is 0 Å². The van der Waals surface area contributed by atoms with Crippen LogP contribution in [0, 0.1) is 0 Å². The lowest BCUT2D eigenvalue weighted by Crippen LogP contribution is -2.34. The highest BCUT2D eigenvalue weighted by atomic mass is 16.3. The molecule has 1 heterocycles. The molecule has 2 heteroatoms. The Morgan fingerprint density at radius 1 is 0.369 bits per heavy atom. The van der Waals surface area contributed by atoms with Gasteiger partial charge in [-0.3, -0.25) is 0 Å². The van der Waals surface area contributed by atoms with Gasteiger partial charge in [0.15, 0.2) is 0 Å². The Bertz CT molecular complexity index is 3500. The second-order valence-corrected chi connectivity index (χ2v) is 19.8. The van der Waals surface area contributed by atoms with Crippen molar-refractivity contribution in [1.29, 1.82) is 0 Å². The lowest BCUT2D eigenvalue weighted by Gasteiger charge is -2.43. The first-order chi connectivity index (χ1) is 31.7. The molecule has 0 fully saturated rings. The molecule has 1 spiro atoms. The Morgan fingerprint density at radius 3 is 1.62 bits per heavy atom. The lowest BCUT2D eigenvalue weighted by atomic mass is 9.61. The maximum absolute atomic E-state index is 6.68. The van der Waals surface area contributed by atoms with E-state index in [4.69, 9.17) is 4.42 Å². The number of anilines is 3. The molecule has 312 valence electrons. The molecule has 2 nitrogen and oxygen atoms in total. The first-order valence-electron chi connectivity index (χ1n) is 23.2. The molecule has 0 saturated heterocycles. The van der Waals surface area contributed by atoms with Crippen LogP contribution in [0.15, 0.2) is 205 Å². The molecule has 3 aliphatic rings. The number of hydrogen-bond acceptors (Lipinski definition) is 2. The zero-order valence-electron chi connectivity index (χ0n) is 37.3. The average molecular weight is 836 g/mol. The van der Waals surface area contributed by atoms with Crippen LogP contribution in [0.25, 0.3) is 66.4 Å². The van der Waals surface area contributed by atoms with Crippen LogP contribution in [-0.2, 0) is 16.2 Å². The van der Waals surface area contributed by atoms with Crippen molar-refractivity contribution in [3.8, 4) is 44.5 Å². The van der Waals surface area contributed by atoms with Gasteiger partial charge in [-0.25, -0.2) is 0 Å². The summed E-state index contributed by atoms with van der Waals surface area (Å²) in [6.07, 6.45) is 2.27. The van der Waals surface area contributed by atoms with Crippen LogP contribution in [0.1, 0.15) is 73.9 Å². The van der Waals surface area contributed by atoms with Crippen molar-refractivity contribution >= 4 is 39.0 Å². The molecule has 65 heavy (non-hydrogen) atoms. The van der Waals surface area contributed by atoms with E-state index >= 15 is 0 Å². The summed E-state index contributed by atoms with van der Waals surface area (Å²) in [5, 5.41) is 2.25. The molecular formula is C63H49NO. The second-order valence-electron chi connectivity index (χ2n) is 19.8. The summed E-state index contributed by atoms with van der Waals surface area (Å²) >= 11 is 0. The SMILES string of the molecule is CC1(C)CCC(C)(C)c2c(-c3cc4c(cc3N(c3ccc(-c5ccccc5)cc3)c3ccc5c(c3)oc3ccccc35)C3(c5ccccc5-c5ccccc53)c3ccccc3-4)cccc21. The van der Waals surface area contributed by atoms with Gasteiger partial charge in [0.2, 0.25) is 0 Å². The molecule has 1 aromatic heterocycles. The van der Waals surface area contributed by atoms with Gasteiger partial charge in [-0.05, 0) is 138 Å². The number of para-hydroxylation sites is 1. The number of rotatable bonds is 5. The minimum atomic E-state index is -0.505. The van der Waals surface area contributed by atoms with E-state index < -0.39 is 5.41 Å². The van der Waals surface area contributed by atoms with Gasteiger partial charge in [0, 0.05) is 33.8 Å². The highest BCUT2D eigenvalue weighted by Crippen LogP contribution is 2.65. The Kier molecular flexibility index (Phi) is 8.08. The van der Waals surface area contributed by atoms with Crippen molar-refractivity contribution in [2.45, 2.75) is 56.8 Å². The van der Waals surface area contributed by atoms with Gasteiger partial charge in [0.25, 0.3) is 0 Å². The van der Waals surface area contributed by atoms with Gasteiger partial charge >= 0.3 is 0 Å². The van der Waals surface area contributed by atoms with E-state index in [1.165, 1.54) is 77.9 Å². The maximum atomic E-state index is 6.68. The van der Waals surface area contributed by atoms with Gasteiger partial charge in [-0.2, -0.15) is 0 Å². The summed E-state index contributed by atoms with van der Waals surface area (Å²) in [5.74, 6) is 0. The van der Waals surface area contributed by atoms with E-state index in [2.05, 4.69) is 233 Å². The molecule has 0 N–H and O–H groups in total. The highest BCUT2D eigenvalue weighted by molar-refractivity contribution is 6.07. The smallest absolute Gasteiger partial charge is 0.137 e. The quantitative estimate of drug-likeness (QED) is 0.172. The molecule has 13 rings (SSSR count). The predicted octanol–water partition coefficient (Wildman–Crippen LogP) is 17.1. The van der Waals surface area contributed by atoms with Crippen molar-refractivity contribution in [2.75, 3.05) is 4.90 Å². The van der Waals surface area contributed by atoms with Crippen LogP contribution in [0.2, 0.25) is 0 Å². The molecule has 0 aliphatic heterocycles. The molecule has 0 saturated carbocycles. The van der Waals surface area contributed by atoms with Crippen LogP contribution < -0.4 is 4.90 Å². The topological polar surface area (TPSA) is 16.4 Å². The molecule has 3 aliphatic carbocycles. The summed E-state index contributed by atoms with van der Waals surface area (Å²) in [4.78, 5) is 2.51. The number of hydrogen-bond donors (Lipinski definition) is 0. The number of nitrogens with zero attached hydrogens (tertiary/aromatic N) is 1. The van der Waals surface area contributed by atoms with E-state index in [1.807, 2.05) is 0 Å². The molecule has 9 aromatic carbocycles. The average Bonchev–Trinajstić information content (AvgIpc) is 3.97. The molecule has 0 bridgehead atoms. The summed E-state index contributed by atoms with van der Waals surface area (Å²) in [7, 11) is 0. The normalized spacial score (nSPS) is 15.6. The molecular weight excluding hydrogens is 787 g/mol. The Hall–Kier alpha value is -7.42. The lowest BCUT2D eigenvalue weighted by molar-refractivity contribution is 0.333. The van der Waals surface area contributed by atoms with E-state index in [9.17, 15) is 0 Å². The standard InChI is InChI=1S/C63H49NO/c1-61(2)35-36-62(3,4)60-49(23-16-27-55(60)61)51-38-50-46-21-10-14-26-54(46)63(52-24-12-8-19-44(52)45-20-9-13-25-53(45)63)56(50)39-57(51)64(42-31-29-41(30-32-42)40-17-6-5-7-18-40)43-33-34-48-47-22-11-15-28-58(47)65-59(48)37-43/h5-34,37-39H,35-36H2,1-4H3. The van der Waals surface area contributed by atoms with E-state index in [-0.39, 0.29) is 10.8 Å². The van der Waals surface area contributed by atoms with Crippen LogP contribution >= 0.6 is 0 Å². The first kappa shape index (κ1) is 38.1. The maximum Gasteiger partial charge on any atom is 0.137 e. The van der Waals surface area contributed by atoms with E-state index in [0.717, 1.165) is 51.8 Å². The summed E-state index contributed by atoms with van der Waals surface area (Å²) in [5.41, 5.74) is 22.9. The highest BCUT2D eigenvalue weighted by Gasteiger charge is 2.52. The Balaban J connectivity index is 1.16. The summed E-state index contributed by atoms with van der Waals surface area (Å²) in [6.45, 7) is 9.80. The largest absolute Gasteiger partial charge is 0.456 e. The van der Waals surface area contributed by atoms with Crippen LogP contribution in [0.5, 0.6) is 0 Å². The third kappa shape index (κ3) is 5.41. The van der Waals surface area contributed by atoms with Crippen molar-refractivity contribution in [3.63, 3.8) is 0 Å². The minimum absolute atomic E-state index is 0.0322. The predicted molar refractivity (Wildman–Crippen MR) is 271 cm³/mol. The van der Waals surface area contributed by atoms with Gasteiger partial charge in [-0.15, -0.1) is 0 Å². The second kappa shape index (κ2) is 13.8. The zero-order chi connectivity index (χ0) is 43.7. The molecule has 0 atom stereocenters. The van der Waals surface area contributed by atoms with Crippen molar-refractivity contribution < 1.29 is 4.42 Å². The van der Waals surface area contributed by atoms with Gasteiger partial charge in [0.1, 0.15) is 11.2 Å². The van der Waals surface area contributed by atoms with Crippen LogP contribution in [-0.4, -0.2) is 0 Å². The van der Waals surface area contributed by atoms with E-state index in [0.29, 0.717) is 0 Å². The number of fused-ring (bicyclic) bond motifs is 14. The third-order valence-corrected chi connectivity index (χ3v) is 15.3. The van der Waals surface area contributed by atoms with Crippen LogP contribution in [0.4, 0.5) is 17.1 Å². The third-order valence-electron chi connectivity index (χ3n) is 15.3. The van der Waals surface area contributed by atoms with Crippen LogP contribution in [0.3, 0.4) is 0 Å². The molecule has 0 amide bonds. The zero-order valence-corrected chi connectivity index (χ0v) is 37.3. The Morgan fingerprint density at radius 2 is 0.908 bits per heavy atom. The summed E-state index contributed by atoms with van der Waals surface area (Å²) in [6, 6.07) is 74.8. The van der Waals surface area contributed by atoms with Crippen molar-refractivity contribution in [3.05, 3.63) is 234 Å². The number of benzene rings is 9. The van der Waals surface area contributed by atoms with Gasteiger partial charge in [-0.1, -0.05) is 179 Å². The summed E-state index contributed by atoms with van der Waals surface area (Å²) < 4.78 is 6.68. The van der Waals surface area contributed by atoms with Crippen molar-refractivity contribution in [2.24, 2.45) is 0 Å². The van der Waals surface area contributed by atoms with Gasteiger partial charge in [0.05, 0.1) is 11.1 Å². The Labute approximate surface area is 381 Å². The first-order valence-corrected chi connectivity index (χ1v) is 23.2. The fraction of sp³-hybridized carbons (Fsp3) is 0.143. The fourth-order valence-electron chi connectivity index (χ4n) is 12.2. The molecule has 10 aromatic rings. The minimum Gasteiger partial charge on any atom is -0.456 e. The molecule has 0 unspecified atom stereocenters.